The van der Waals surface area contributed by atoms with Crippen molar-refractivity contribution in [2.24, 2.45) is 4.99 Å². The Hall–Kier alpha value is -0.790. The summed E-state index contributed by atoms with van der Waals surface area (Å²) in [5.74, 6) is 0. The summed E-state index contributed by atoms with van der Waals surface area (Å²) in [5.41, 5.74) is 0. The average molecular weight is 99.2 g/mol. The summed E-state index contributed by atoms with van der Waals surface area (Å²) in [6.07, 6.45) is 4.71. The van der Waals surface area contributed by atoms with Crippen molar-refractivity contribution in [1.29, 1.82) is 0 Å². The van der Waals surface area contributed by atoms with E-state index in [1.165, 1.54) is 11.1 Å². The summed E-state index contributed by atoms with van der Waals surface area (Å²) in [6.45, 7) is -1.82. The number of hydrogen-bond donors (Lipinski definition) is 0. The summed E-state index contributed by atoms with van der Waals surface area (Å²) in [5, 5.41) is 0. The zero-order chi connectivity index (χ0) is 7.61. The second-order valence-corrected chi connectivity index (χ2v) is 1.28. The minimum Gasteiger partial charge on any atom is -0.361 e. The Balaban J connectivity index is 2.60. The lowest BCUT2D eigenvalue weighted by atomic mass is 10.6. The molecule has 0 amide bonds. The Bertz CT molecular complexity index is 170. The lowest BCUT2D eigenvalue weighted by Gasteiger charge is -2.11. The quantitative estimate of drug-likeness (QED) is 0.431. The second kappa shape index (κ2) is 1.78. The van der Waals surface area contributed by atoms with Gasteiger partial charge in [0.1, 0.15) is 6.67 Å². The van der Waals surface area contributed by atoms with Gasteiger partial charge in [-0.25, -0.2) is 0 Å². The summed E-state index contributed by atoms with van der Waals surface area (Å²) in [6, 6.07) is 0. The fourth-order valence-corrected chi connectivity index (χ4v) is 0.385. The molecule has 0 atom stereocenters. The van der Waals surface area contributed by atoms with E-state index < -0.39 is 6.98 Å². The van der Waals surface area contributed by atoms with Gasteiger partial charge in [0.25, 0.3) is 0 Å². The maximum Gasteiger partial charge on any atom is 0.109 e. The van der Waals surface area contributed by atoms with Crippen LogP contribution in [0.3, 0.4) is 0 Å². The third-order valence-electron chi connectivity index (χ3n) is 0.691. The molecule has 0 bridgehead atoms. The van der Waals surface area contributed by atoms with E-state index in [9.17, 15) is 0 Å². The first kappa shape index (κ1) is 1.99. The molecule has 0 unspecified atom stereocenters. The zero-order valence-electron chi connectivity index (χ0n) is 6.83. The number of hydrogen-bond acceptors (Lipinski definition) is 2. The lowest BCUT2D eigenvalue weighted by Crippen LogP contribution is -2.12. The number of aliphatic imine (C=N–C) groups is 1. The lowest BCUT2D eigenvalue weighted by molar-refractivity contribution is 0.470. The third kappa shape index (κ3) is 1.03. The highest BCUT2D eigenvalue weighted by atomic mass is 15.2. The molecule has 0 aliphatic carbocycles. The molecule has 0 aromatic heterocycles. The van der Waals surface area contributed by atoms with Gasteiger partial charge in [-0.15, -0.1) is 0 Å². The molecule has 1 rings (SSSR count). The molecule has 1 aliphatic heterocycles. The van der Waals surface area contributed by atoms with E-state index in [1.807, 2.05) is 0 Å². The normalized spacial score (nSPS) is 26.3. The number of allylic oxidation sites excluding steroid dienone is 1. The van der Waals surface area contributed by atoms with Gasteiger partial charge in [0.2, 0.25) is 0 Å². The van der Waals surface area contributed by atoms with Crippen LogP contribution >= 0.6 is 0 Å². The molecule has 38 valence electrons. The Morgan fingerprint density at radius 3 is 3.43 bits per heavy atom. The predicted molar refractivity (Wildman–Crippen MR) is 30.3 cm³/mol. The van der Waals surface area contributed by atoms with E-state index in [-0.39, 0.29) is 6.67 Å². The number of rotatable bonds is 0. The molecular formula is C5H8N2. The molecule has 0 fully saturated rings. The fourth-order valence-electron chi connectivity index (χ4n) is 0.385. The second-order valence-electron chi connectivity index (χ2n) is 1.28. The molecule has 0 saturated heterocycles. The third-order valence-corrected chi connectivity index (χ3v) is 0.691. The van der Waals surface area contributed by atoms with Crippen LogP contribution in [0.15, 0.2) is 17.3 Å². The van der Waals surface area contributed by atoms with Gasteiger partial charge >= 0.3 is 0 Å². The van der Waals surface area contributed by atoms with E-state index in [1.54, 1.807) is 12.3 Å². The van der Waals surface area contributed by atoms with Crippen molar-refractivity contribution in [2.75, 3.05) is 13.6 Å². The number of nitrogens with zero attached hydrogens (tertiary/aromatic N) is 2. The van der Waals surface area contributed by atoms with Gasteiger partial charge in [0.15, 0.2) is 0 Å². The van der Waals surface area contributed by atoms with E-state index in [0.29, 0.717) is 0 Å². The predicted octanol–water partition coefficient (Wildman–Crippen LogP) is 0.474. The van der Waals surface area contributed by atoms with Crippen LogP contribution in [-0.4, -0.2) is 24.8 Å². The molecule has 0 N–H and O–H groups in total. The van der Waals surface area contributed by atoms with Gasteiger partial charge in [-0.2, -0.15) is 0 Å². The first-order valence-electron chi connectivity index (χ1n) is 3.54. The van der Waals surface area contributed by atoms with Crippen molar-refractivity contribution in [3.63, 3.8) is 0 Å². The summed E-state index contributed by atoms with van der Waals surface area (Å²) < 4.78 is 20.9. The Kier molecular flexibility index (Phi) is 0.504. The van der Waals surface area contributed by atoms with Crippen LogP contribution in [0.5, 0.6) is 0 Å². The summed E-state index contributed by atoms with van der Waals surface area (Å²) in [7, 11) is 0. The Morgan fingerprint density at radius 2 is 3.00 bits per heavy atom. The van der Waals surface area contributed by atoms with Crippen LogP contribution in [-0.2, 0) is 0 Å². The van der Waals surface area contributed by atoms with E-state index in [4.69, 9.17) is 4.11 Å². The Labute approximate surface area is 47.4 Å². The molecule has 2 heteroatoms. The largest absolute Gasteiger partial charge is 0.361 e. The van der Waals surface area contributed by atoms with Gasteiger partial charge in [0.05, 0.1) is 0 Å². The summed E-state index contributed by atoms with van der Waals surface area (Å²) in [4.78, 5) is 4.98. The van der Waals surface area contributed by atoms with Crippen LogP contribution in [0.2, 0.25) is 0 Å². The topological polar surface area (TPSA) is 15.6 Å². The first-order chi connectivity index (χ1) is 4.61. The molecule has 0 saturated carbocycles. The maximum absolute atomic E-state index is 6.96. The highest BCUT2D eigenvalue weighted by Gasteiger charge is 1.86. The standard InChI is InChI=1S/C5H8N2/c1-7-4-2-3-6-5-7/h2-4H,5H2,1H3/i1D3. The molecule has 0 aromatic rings. The van der Waals surface area contributed by atoms with Gasteiger partial charge in [-0.05, 0) is 6.08 Å². The minimum atomic E-state index is -2.05. The minimum absolute atomic E-state index is 0.229. The molecular weight excluding hydrogens is 88.1 g/mol. The monoisotopic (exact) mass is 99.1 g/mol. The SMILES string of the molecule is [2H]C([2H])([2H])N1C=CC=NC1. The van der Waals surface area contributed by atoms with E-state index in [2.05, 4.69) is 4.99 Å². The fraction of sp³-hybridized carbons (Fsp3) is 0.400. The van der Waals surface area contributed by atoms with Crippen molar-refractivity contribution in [3.05, 3.63) is 12.3 Å². The average Bonchev–Trinajstić information content (AvgIpc) is 1.88. The zero-order valence-corrected chi connectivity index (χ0v) is 3.83. The van der Waals surface area contributed by atoms with E-state index in [0.717, 1.165) is 0 Å². The molecule has 7 heavy (non-hydrogen) atoms. The van der Waals surface area contributed by atoms with Gasteiger partial charge in [-0.3, -0.25) is 4.99 Å². The van der Waals surface area contributed by atoms with E-state index >= 15 is 0 Å². The van der Waals surface area contributed by atoms with Crippen molar-refractivity contribution in [1.82, 2.24) is 4.90 Å². The van der Waals surface area contributed by atoms with Gasteiger partial charge in [0, 0.05) is 23.5 Å². The van der Waals surface area contributed by atoms with Crippen molar-refractivity contribution in [3.8, 4) is 0 Å². The van der Waals surface area contributed by atoms with Crippen molar-refractivity contribution in [2.45, 2.75) is 0 Å². The van der Waals surface area contributed by atoms with Gasteiger partial charge < -0.3 is 4.90 Å². The molecule has 2 nitrogen and oxygen atoms in total. The van der Waals surface area contributed by atoms with Gasteiger partial charge in [-0.1, -0.05) is 0 Å². The van der Waals surface area contributed by atoms with Crippen molar-refractivity contribution < 1.29 is 4.11 Å². The molecule has 0 spiro atoms. The summed E-state index contributed by atoms with van der Waals surface area (Å²) >= 11 is 0. The highest BCUT2D eigenvalue weighted by Crippen LogP contribution is 1.87. The first-order valence-corrected chi connectivity index (χ1v) is 2.04. The molecule has 0 aromatic carbocycles. The van der Waals surface area contributed by atoms with Crippen LogP contribution in [0, 0.1) is 0 Å². The van der Waals surface area contributed by atoms with Crippen LogP contribution in [0.1, 0.15) is 4.11 Å². The Morgan fingerprint density at radius 1 is 2.00 bits per heavy atom. The smallest absolute Gasteiger partial charge is 0.109 e. The maximum atomic E-state index is 6.96. The molecule has 1 heterocycles. The molecule has 1 aliphatic rings. The van der Waals surface area contributed by atoms with Crippen LogP contribution in [0.4, 0.5) is 0 Å². The highest BCUT2D eigenvalue weighted by molar-refractivity contribution is 5.71. The molecule has 0 radical (unpaired) electrons. The van der Waals surface area contributed by atoms with Crippen LogP contribution < -0.4 is 0 Å². The van der Waals surface area contributed by atoms with Crippen molar-refractivity contribution >= 4 is 6.21 Å². The van der Waals surface area contributed by atoms with Crippen LogP contribution in [0.25, 0.3) is 0 Å².